The maximum atomic E-state index is 12.2. The van der Waals surface area contributed by atoms with Crippen LogP contribution in [0.4, 0.5) is 0 Å². The largest absolute Gasteiger partial charge is 0.334 e. The summed E-state index contributed by atoms with van der Waals surface area (Å²) in [6, 6.07) is 7.73. The molecule has 2 amide bonds. The lowest BCUT2D eigenvalue weighted by atomic mass is 10.1. The van der Waals surface area contributed by atoms with Crippen molar-refractivity contribution in [3.8, 4) is 0 Å². The lowest BCUT2D eigenvalue weighted by Gasteiger charge is -2.12. The average molecular weight is 442 g/mol. The number of carbonyl (C=O) groups excluding carboxylic acids is 2. The van der Waals surface area contributed by atoms with Gasteiger partial charge in [-0.15, -0.1) is 0 Å². The molecular weight excluding hydrogens is 422 g/mol. The number of hydrazine groups is 1. The minimum Gasteiger partial charge on any atom is -0.334 e. The molecular formula is C17H20BrN3O4S. The highest BCUT2D eigenvalue weighted by Crippen LogP contribution is 2.30. The number of benzene rings is 1. The molecule has 1 aromatic heterocycles. The quantitative estimate of drug-likeness (QED) is 0.705. The topological polar surface area (TPSA) is 97.3 Å². The summed E-state index contributed by atoms with van der Waals surface area (Å²) in [6.45, 7) is 1.98. The van der Waals surface area contributed by atoms with Crippen LogP contribution in [0.3, 0.4) is 0 Å². The molecule has 2 N–H and O–H groups in total. The molecule has 2 heterocycles. The standard InChI is InChI=1S/C17H20BrN3O4S/c1-11-17(18)13-4-2-3-5-14(13)21(11)9-16(23)20-19-15(22)8-12-6-7-26(24,25)10-12/h2-5,12H,6-10H2,1H3,(H,19,22)(H,20,23). The van der Waals surface area contributed by atoms with Crippen molar-refractivity contribution in [1.82, 2.24) is 15.4 Å². The van der Waals surface area contributed by atoms with Crippen molar-refractivity contribution in [3.05, 3.63) is 34.4 Å². The van der Waals surface area contributed by atoms with Gasteiger partial charge in [0.05, 0.1) is 11.5 Å². The highest BCUT2D eigenvalue weighted by atomic mass is 79.9. The Morgan fingerprint density at radius 1 is 1.23 bits per heavy atom. The molecule has 1 fully saturated rings. The van der Waals surface area contributed by atoms with E-state index in [0.29, 0.717) is 6.42 Å². The smallest absolute Gasteiger partial charge is 0.258 e. The molecule has 0 bridgehead atoms. The van der Waals surface area contributed by atoms with Crippen molar-refractivity contribution in [2.45, 2.75) is 26.3 Å². The van der Waals surface area contributed by atoms with E-state index < -0.39 is 9.84 Å². The van der Waals surface area contributed by atoms with Crippen LogP contribution in [0, 0.1) is 12.8 Å². The second kappa shape index (κ2) is 7.40. The van der Waals surface area contributed by atoms with Gasteiger partial charge in [-0.1, -0.05) is 18.2 Å². The van der Waals surface area contributed by atoms with Crippen LogP contribution in [0.1, 0.15) is 18.5 Å². The molecule has 0 radical (unpaired) electrons. The highest BCUT2D eigenvalue weighted by Gasteiger charge is 2.29. The number of aromatic nitrogens is 1. The molecule has 0 aliphatic carbocycles. The second-order valence-electron chi connectivity index (χ2n) is 6.57. The monoisotopic (exact) mass is 441 g/mol. The first-order chi connectivity index (χ1) is 12.3. The maximum Gasteiger partial charge on any atom is 0.258 e. The van der Waals surface area contributed by atoms with E-state index in [1.807, 2.05) is 35.8 Å². The first-order valence-corrected chi connectivity index (χ1v) is 10.9. The number of carbonyl (C=O) groups is 2. The van der Waals surface area contributed by atoms with Gasteiger partial charge in [-0.25, -0.2) is 8.42 Å². The molecule has 9 heteroatoms. The Kier molecular flexibility index (Phi) is 5.38. The molecule has 2 aromatic rings. The number of hydrogen-bond acceptors (Lipinski definition) is 4. The van der Waals surface area contributed by atoms with E-state index in [-0.39, 0.29) is 42.2 Å². The van der Waals surface area contributed by atoms with Crippen LogP contribution in [0.15, 0.2) is 28.7 Å². The van der Waals surface area contributed by atoms with Crippen LogP contribution in [0.2, 0.25) is 0 Å². The van der Waals surface area contributed by atoms with Crippen molar-refractivity contribution < 1.29 is 18.0 Å². The summed E-state index contributed by atoms with van der Waals surface area (Å²) in [5.74, 6) is -0.740. The zero-order valence-electron chi connectivity index (χ0n) is 14.3. The Hall–Kier alpha value is -1.87. The number of nitrogens with one attached hydrogen (secondary N) is 2. The van der Waals surface area contributed by atoms with E-state index in [1.165, 1.54) is 0 Å². The molecule has 1 unspecified atom stereocenters. The first kappa shape index (κ1) is 18.9. The van der Waals surface area contributed by atoms with Gasteiger partial charge >= 0.3 is 0 Å². The number of nitrogens with zero attached hydrogens (tertiary/aromatic N) is 1. The van der Waals surface area contributed by atoms with Crippen LogP contribution in [-0.2, 0) is 26.0 Å². The van der Waals surface area contributed by atoms with Gasteiger partial charge in [0.1, 0.15) is 6.54 Å². The SMILES string of the molecule is Cc1c(Br)c2ccccc2n1CC(=O)NNC(=O)CC1CCS(=O)(=O)C1. The lowest BCUT2D eigenvalue weighted by Crippen LogP contribution is -2.43. The predicted molar refractivity (Wildman–Crippen MR) is 102 cm³/mol. The molecule has 0 saturated carbocycles. The minimum absolute atomic E-state index is 0.0386. The van der Waals surface area contributed by atoms with Crippen molar-refractivity contribution in [1.29, 1.82) is 0 Å². The van der Waals surface area contributed by atoms with E-state index in [9.17, 15) is 18.0 Å². The number of rotatable bonds is 4. The van der Waals surface area contributed by atoms with Gasteiger partial charge in [0, 0.05) is 27.5 Å². The van der Waals surface area contributed by atoms with Crippen molar-refractivity contribution in [2.75, 3.05) is 11.5 Å². The summed E-state index contributed by atoms with van der Waals surface area (Å²) >= 11 is 3.54. The Labute approximate surface area is 160 Å². The summed E-state index contributed by atoms with van der Waals surface area (Å²) in [5.41, 5.74) is 6.62. The average Bonchev–Trinajstić information content (AvgIpc) is 3.05. The van der Waals surface area contributed by atoms with Crippen LogP contribution < -0.4 is 10.9 Å². The number of fused-ring (bicyclic) bond motifs is 1. The van der Waals surface area contributed by atoms with Gasteiger partial charge in [0.25, 0.3) is 5.91 Å². The maximum absolute atomic E-state index is 12.2. The van der Waals surface area contributed by atoms with Crippen molar-refractivity contribution in [3.63, 3.8) is 0 Å². The van der Waals surface area contributed by atoms with Crippen molar-refractivity contribution >= 4 is 48.5 Å². The first-order valence-electron chi connectivity index (χ1n) is 8.28. The van der Waals surface area contributed by atoms with E-state index in [2.05, 4.69) is 26.8 Å². The Morgan fingerprint density at radius 3 is 2.62 bits per heavy atom. The third-order valence-electron chi connectivity index (χ3n) is 4.60. The fraction of sp³-hybridized carbons (Fsp3) is 0.412. The highest BCUT2D eigenvalue weighted by molar-refractivity contribution is 9.10. The molecule has 3 rings (SSSR count). The molecule has 7 nitrogen and oxygen atoms in total. The zero-order valence-corrected chi connectivity index (χ0v) is 16.7. The molecule has 1 saturated heterocycles. The van der Waals surface area contributed by atoms with Gasteiger partial charge in [-0.05, 0) is 41.3 Å². The Balaban J connectivity index is 1.57. The van der Waals surface area contributed by atoms with E-state index in [1.54, 1.807) is 0 Å². The molecule has 1 aromatic carbocycles. The molecule has 1 aliphatic rings. The number of para-hydroxylation sites is 1. The molecule has 1 atom stereocenters. The summed E-state index contributed by atoms with van der Waals surface area (Å²) in [5, 5.41) is 1.02. The summed E-state index contributed by atoms with van der Waals surface area (Å²) in [4.78, 5) is 24.1. The fourth-order valence-electron chi connectivity index (χ4n) is 3.26. The molecule has 0 spiro atoms. The van der Waals surface area contributed by atoms with Gasteiger partial charge in [-0.3, -0.25) is 20.4 Å². The second-order valence-corrected chi connectivity index (χ2v) is 9.59. The number of halogens is 1. The molecule has 140 valence electrons. The fourth-order valence-corrected chi connectivity index (χ4v) is 5.67. The van der Waals surface area contributed by atoms with Crippen LogP contribution in [0.25, 0.3) is 10.9 Å². The third kappa shape index (κ3) is 4.09. The Morgan fingerprint density at radius 2 is 1.92 bits per heavy atom. The number of amides is 2. The van der Waals surface area contributed by atoms with E-state index in [4.69, 9.17) is 0 Å². The summed E-state index contributed by atoms with van der Waals surface area (Å²) in [6.07, 6.45) is 0.586. The van der Waals surface area contributed by atoms with Gasteiger partial charge in [-0.2, -0.15) is 0 Å². The van der Waals surface area contributed by atoms with E-state index in [0.717, 1.165) is 21.1 Å². The summed E-state index contributed by atoms with van der Waals surface area (Å²) in [7, 11) is -3.01. The minimum atomic E-state index is -3.01. The van der Waals surface area contributed by atoms with E-state index >= 15 is 0 Å². The molecule has 1 aliphatic heterocycles. The normalized spacial score (nSPS) is 18.8. The zero-order chi connectivity index (χ0) is 18.9. The van der Waals surface area contributed by atoms with Crippen LogP contribution >= 0.6 is 15.9 Å². The lowest BCUT2D eigenvalue weighted by molar-refractivity contribution is -0.129. The molecule has 26 heavy (non-hydrogen) atoms. The van der Waals surface area contributed by atoms with Crippen molar-refractivity contribution in [2.24, 2.45) is 5.92 Å². The van der Waals surface area contributed by atoms with Gasteiger partial charge in [0.2, 0.25) is 5.91 Å². The van der Waals surface area contributed by atoms with Crippen LogP contribution in [0.5, 0.6) is 0 Å². The number of sulfone groups is 1. The van der Waals surface area contributed by atoms with Gasteiger partial charge in [0.15, 0.2) is 9.84 Å². The van der Waals surface area contributed by atoms with Crippen LogP contribution in [-0.4, -0.2) is 36.3 Å². The number of hydrogen-bond donors (Lipinski definition) is 2. The Bertz CT molecular complexity index is 968. The summed E-state index contributed by atoms with van der Waals surface area (Å²) < 4.78 is 25.7. The predicted octanol–water partition coefficient (Wildman–Crippen LogP) is 1.68. The van der Waals surface area contributed by atoms with Gasteiger partial charge < -0.3 is 4.57 Å². The third-order valence-corrected chi connectivity index (χ3v) is 7.44.